The number of nitrogen functional groups attached to an aromatic ring is 1. The molecule has 0 aliphatic carbocycles. The Kier molecular flexibility index (Phi) is 6.66. The monoisotopic (exact) mass is 286 g/mol. The SMILES string of the molecule is COCCCSC(C)C(=O)Nc1cc(N)ccc1F. The summed E-state index contributed by atoms with van der Waals surface area (Å²) in [5.41, 5.74) is 6.09. The Morgan fingerprint density at radius 2 is 2.32 bits per heavy atom. The van der Waals surface area contributed by atoms with Gasteiger partial charge in [0.2, 0.25) is 5.91 Å². The van der Waals surface area contributed by atoms with Gasteiger partial charge in [0.05, 0.1) is 10.9 Å². The molecule has 0 aliphatic rings. The minimum absolute atomic E-state index is 0.120. The van der Waals surface area contributed by atoms with Crippen LogP contribution in [0.4, 0.5) is 15.8 Å². The van der Waals surface area contributed by atoms with E-state index in [0.29, 0.717) is 12.3 Å². The van der Waals surface area contributed by atoms with Crippen LogP contribution >= 0.6 is 11.8 Å². The first kappa shape index (κ1) is 15.8. The van der Waals surface area contributed by atoms with Crippen molar-refractivity contribution in [2.24, 2.45) is 0 Å². The Morgan fingerprint density at radius 1 is 1.58 bits per heavy atom. The van der Waals surface area contributed by atoms with Crippen LogP contribution in [0.25, 0.3) is 0 Å². The lowest BCUT2D eigenvalue weighted by Crippen LogP contribution is -2.23. The predicted molar refractivity (Wildman–Crippen MR) is 77.9 cm³/mol. The maximum Gasteiger partial charge on any atom is 0.237 e. The van der Waals surface area contributed by atoms with Gasteiger partial charge in [-0.2, -0.15) is 0 Å². The molecule has 0 fully saturated rings. The molecule has 1 rings (SSSR count). The van der Waals surface area contributed by atoms with Crippen molar-refractivity contribution < 1.29 is 13.9 Å². The molecule has 0 aromatic heterocycles. The number of rotatable bonds is 7. The number of halogens is 1. The zero-order valence-corrected chi connectivity index (χ0v) is 11.9. The first-order valence-electron chi connectivity index (χ1n) is 6.01. The number of nitrogens with one attached hydrogen (secondary N) is 1. The van der Waals surface area contributed by atoms with E-state index in [-0.39, 0.29) is 16.8 Å². The third kappa shape index (κ3) is 5.48. The number of amides is 1. The molecule has 0 saturated heterocycles. The van der Waals surface area contributed by atoms with Crippen LogP contribution in [0.1, 0.15) is 13.3 Å². The van der Waals surface area contributed by atoms with E-state index in [9.17, 15) is 9.18 Å². The van der Waals surface area contributed by atoms with Crippen LogP contribution in [0, 0.1) is 5.82 Å². The topological polar surface area (TPSA) is 64.3 Å². The largest absolute Gasteiger partial charge is 0.399 e. The molecule has 1 amide bonds. The van der Waals surface area contributed by atoms with Crippen molar-refractivity contribution in [1.82, 2.24) is 0 Å². The Balaban J connectivity index is 2.47. The van der Waals surface area contributed by atoms with Crippen LogP contribution in [0.5, 0.6) is 0 Å². The van der Waals surface area contributed by atoms with E-state index in [1.165, 1.54) is 30.0 Å². The Labute approximate surface area is 116 Å². The molecule has 3 N–H and O–H groups in total. The van der Waals surface area contributed by atoms with Gasteiger partial charge in [-0.15, -0.1) is 11.8 Å². The molecular formula is C13H19FN2O2S. The summed E-state index contributed by atoms with van der Waals surface area (Å²) in [7, 11) is 1.64. The highest BCUT2D eigenvalue weighted by molar-refractivity contribution is 8.00. The summed E-state index contributed by atoms with van der Waals surface area (Å²) in [6, 6.07) is 4.10. The normalized spacial score (nSPS) is 12.2. The van der Waals surface area contributed by atoms with E-state index >= 15 is 0 Å². The van der Waals surface area contributed by atoms with Gasteiger partial charge in [0.25, 0.3) is 0 Å². The van der Waals surface area contributed by atoms with Gasteiger partial charge in [-0.05, 0) is 37.3 Å². The van der Waals surface area contributed by atoms with E-state index in [4.69, 9.17) is 10.5 Å². The molecule has 1 unspecified atom stereocenters. The zero-order valence-electron chi connectivity index (χ0n) is 11.1. The zero-order chi connectivity index (χ0) is 14.3. The van der Waals surface area contributed by atoms with E-state index in [1.807, 2.05) is 0 Å². The molecular weight excluding hydrogens is 267 g/mol. The van der Waals surface area contributed by atoms with E-state index < -0.39 is 5.82 Å². The van der Waals surface area contributed by atoms with Crippen molar-refractivity contribution in [1.29, 1.82) is 0 Å². The van der Waals surface area contributed by atoms with E-state index in [0.717, 1.165) is 12.2 Å². The van der Waals surface area contributed by atoms with Gasteiger partial charge in [0.1, 0.15) is 5.82 Å². The number of hydrogen-bond donors (Lipinski definition) is 2. The number of ether oxygens (including phenoxy) is 1. The second kappa shape index (κ2) is 8.01. The van der Waals surface area contributed by atoms with Gasteiger partial charge in [-0.1, -0.05) is 0 Å². The predicted octanol–water partition coefficient (Wildman–Crippen LogP) is 2.50. The first-order valence-corrected chi connectivity index (χ1v) is 7.06. The average molecular weight is 286 g/mol. The molecule has 1 aromatic carbocycles. The van der Waals surface area contributed by atoms with Gasteiger partial charge in [-0.25, -0.2) is 4.39 Å². The lowest BCUT2D eigenvalue weighted by Gasteiger charge is -2.12. The quantitative estimate of drug-likeness (QED) is 0.597. The summed E-state index contributed by atoms with van der Waals surface area (Å²) in [4.78, 5) is 11.9. The fourth-order valence-corrected chi connectivity index (χ4v) is 2.26. The number of benzene rings is 1. The Hall–Kier alpha value is -1.27. The molecule has 0 radical (unpaired) electrons. The lowest BCUT2D eigenvalue weighted by molar-refractivity contribution is -0.115. The molecule has 0 aliphatic heterocycles. The summed E-state index contributed by atoms with van der Waals surface area (Å²) < 4.78 is 18.4. The van der Waals surface area contributed by atoms with E-state index in [2.05, 4.69) is 5.32 Å². The van der Waals surface area contributed by atoms with Crippen molar-refractivity contribution >= 4 is 29.0 Å². The van der Waals surface area contributed by atoms with Crippen molar-refractivity contribution in [3.05, 3.63) is 24.0 Å². The number of thioether (sulfide) groups is 1. The van der Waals surface area contributed by atoms with Crippen LogP contribution in [0.15, 0.2) is 18.2 Å². The maximum atomic E-state index is 13.5. The summed E-state index contributed by atoms with van der Waals surface area (Å²) in [5.74, 6) is 0.105. The number of methoxy groups -OCH3 is 1. The van der Waals surface area contributed by atoms with Crippen LogP contribution in [-0.4, -0.2) is 30.6 Å². The molecule has 19 heavy (non-hydrogen) atoms. The van der Waals surface area contributed by atoms with Gasteiger partial charge in [0, 0.05) is 19.4 Å². The van der Waals surface area contributed by atoms with Crippen molar-refractivity contribution in [2.75, 3.05) is 30.5 Å². The highest BCUT2D eigenvalue weighted by Gasteiger charge is 2.15. The molecule has 0 saturated carbocycles. The number of anilines is 2. The number of hydrogen-bond acceptors (Lipinski definition) is 4. The summed E-state index contributed by atoms with van der Waals surface area (Å²) >= 11 is 1.51. The van der Waals surface area contributed by atoms with Gasteiger partial charge in [0.15, 0.2) is 0 Å². The van der Waals surface area contributed by atoms with Crippen LogP contribution in [0.2, 0.25) is 0 Å². The number of carbonyl (C=O) groups is 1. The molecule has 0 bridgehead atoms. The molecule has 1 atom stereocenters. The molecule has 4 nitrogen and oxygen atoms in total. The summed E-state index contributed by atoms with van der Waals surface area (Å²) in [5, 5.41) is 2.29. The van der Waals surface area contributed by atoms with E-state index in [1.54, 1.807) is 14.0 Å². The average Bonchev–Trinajstić information content (AvgIpc) is 2.38. The molecule has 106 valence electrons. The van der Waals surface area contributed by atoms with Crippen LogP contribution in [0.3, 0.4) is 0 Å². The maximum absolute atomic E-state index is 13.5. The summed E-state index contributed by atoms with van der Waals surface area (Å²) in [6.07, 6.45) is 0.880. The lowest BCUT2D eigenvalue weighted by atomic mass is 10.2. The standard InChI is InChI=1S/C13H19FN2O2S/c1-9(19-7-3-6-18-2)13(17)16-12-8-10(15)4-5-11(12)14/h4-5,8-9H,3,6-7,15H2,1-2H3,(H,16,17). The number of carbonyl (C=O) groups excluding carboxylic acids is 1. The first-order chi connectivity index (χ1) is 9.04. The highest BCUT2D eigenvalue weighted by Crippen LogP contribution is 2.20. The third-order valence-electron chi connectivity index (χ3n) is 2.48. The van der Waals surface area contributed by atoms with Crippen molar-refractivity contribution in [2.45, 2.75) is 18.6 Å². The molecule has 0 heterocycles. The fraction of sp³-hybridized carbons (Fsp3) is 0.462. The van der Waals surface area contributed by atoms with Crippen LogP contribution in [-0.2, 0) is 9.53 Å². The minimum atomic E-state index is -0.487. The number of nitrogens with two attached hydrogens (primary N) is 1. The highest BCUT2D eigenvalue weighted by atomic mass is 32.2. The fourth-order valence-electron chi connectivity index (χ4n) is 1.41. The molecule has 1 aromatic rings. The Bertz CT molecular complexity index is 429. The van der Waals surface area contributed by atoms with Gasteiger partial charge in [-0.3, -0.25) is 4.79 Å². The third-order valence-corrected chi connectivity index (χ3v) is 3.72. The molecule has 6 heteroatoms. The second-order valence-electron chi connectivity index (χ2n) is 4.09. The summed E-state index contributed by atoms with van der Waals surface area (Å²) in [6.45, 7) is 2.46. The van der Waals surface area contributed by atoms with Crippen molar-refractivity contribution in [3.63, 3.8) is 0 Å². The minimum Gasteiger partial charge on any atom is -0.399 e. The smallest absolute Gasteiger partial charge is 0.237 e. The van der Waals surface area contributed by atoms with Crippen molar-refractivity contribution in [3.8, 4) is 0 Å². The van der Waals surface area contributed by atoms with Gasteiger partial charge >= 0.3 is 0 Å². The van der Waals surface area contributed by atoms with Gasteiger partial charge < -0.3 is 15.8 Å². The molecule has 0 spiro atoms. The van der Waals surface area contributed by atoms with Crippen LogP contribution < -0.4 is 11.1 Å². The Morgan fingerprint density at radius 3 is 3.00 bits per heavy atom. The second-order valence-corrected chi connectivity index (χ2v) is 5.54.